The van der Waals surface area contributed by atoms with Crippen LogP contribution in [0.1, 0.15) is 19.6 Å². The summed E-state index contributed by atoms with van der Waals surface area (Å²) in [5, 5.41) is 19.3. The average molecular weight is 294 g/mol. The first-order valence-corrected chi connectivity index (χ1v) is 6.13. The molecule has 2 heterocycles. The maximum Gasteiger partial charge on any atom is 0.351 e. The quantitative estimate of drug-likeness (QED) is 0.671. The van der Waals surface area contributed by atoms with Gasteiger partial charge in [0.05, 0.1) is 0 Å². The van der Waals surface area contributed by atoms with Crippen LogP contribution in [0.5, 0.6) is 0 Å². The fraction of sp³-hybridized carbons (Fsp3) is 0.500. The maximum atomic E-state index is 11.7. The van der Waals surface area contributed by atoms with Crippen molar-refractivity contribution < 1.29 is 19.4 Å². The van der Waals surface area contributed by atoms with Crippen LogP contribution < -0.4 is 11.4 Å². The Hall–Kier alpha value is -2.44. The zero-order valence-electron chi connectivity index (χ0n) is 11.2. The molecule has 9 nitrogen and oxygen atoms in total. The van der Waals surface area contributed by atoms with Gasteiger partial charge >= 0.3 is 11.7 Å². The minimum absolute atomic E-state index is 0.0136. The van der Waals surface area contributed by atoms with Crippen molar-refractivity contribution in [3.05, 3.63) is 22.7 Å². The Bertz CT molecular complexity index is 652. The second-order valence-corrected chi connectivity index (χ2v) is 4.65. The van der Waals surface area contributed by atoms with E-state index in [4.69, 9.17) is 15.2 Å². The molecule has 0 saturated carbocycles. The Labute approximate surface area is 119 Å². The standard InChI is InChI=1S/C12H14N4O5/c1-7(17)20-6-12(5-13)8(18)4-10(21-12)16-3-2-9(14)15-11(16)19/h2-3,8,10,18H,4,6H2,1H3,(H2,14,15,19)/t8-,10+,12+/m0/s1. The van der Waals surface area contributed by atoms with Gasteiger partial charge in [-0.05, 0) is 6.07 Å². The fourth-order valence-electron chi connectivity index (χ4n) is 2.04. The largest absolute Gasteiger partial charge is 0.462 e. The van der Waals surface area contributed by atoms with Crippen LogP contribution in [0.15, 0.2) is 17.1 Å². The van der Waals surface area contributed by atoms with Gasteiger partial charge in [-0.1, -0.05) is 0 Å². The summed E-state index contributed by atoms with van der Waals surface area (Å²) >= 11 is 0. The number of carbonyl (C=O) groups is 1. The van der Waals surface area contributed by atoms with Crippen molar-refractivity contribution >= 4 is 11.8 Å². The van der Waals surface area contributed by atoms with Crippen LogP contribution in [-0.4, -0.2) is 38.9 Å². The SMILES string of the molecule is CC(=O)OC[C@@]1(C#N)O[C@@H](n2ccc(N)nc2=O)C[C@@H]1O. The highest BCUT2D eigenvalue weighted by molar-refractivity contribution is 5.66. The van der Waals surface area contributed by atoms with Crippen molar-refractivity contribution in [1.29, 1.82) is 5.26 Å². The second kappa shape index (κ2) is 5.51. The summed E-state index contributed by atoms with van der Waals surface area (Å²) in [4.78, 5) is 26.1. The molecule has 1 fully saturated rings. The Kier molecular flexibility index (Phi) is 3.93. The number of ether oxygens (including phenoxy) is 2. The molecule has 21 heavy (non-hydrogen) atoms. The average Bonchev–Trinajstić information content (AvgIpc) is 2.74. The molecule has 0 aromatic carbocycles. The first kappa shape index (κ1) is 15.0. The van der Waals surface area contributed by atoms with E-state index in [2.05, 4.69) is 4.98 Å². The van der Waals surface area contributed by atoms with Crippen molar-refractivity contribution in [2.45, 2.75) is 31.3 Å². The van der Waals surface area contributed by atoms with Gasteiger partial charge in [-0.15, -0.1) is 0 Å². The molecule has 0 spiro atoms. The smallest absolute Gasteiger partial charge is 0.351 e. The number of aromatic nitrogens is 2. The summed E-state index contributed by atoms with van der Waals surface area (Å²) in [5.41, 5.74) is 3.02. The van der Waals surface area contributed by atoms with E-state index in [1.165, 1.54) is 19.2 Å². The van der Waals surface area contributed by atoms with Crippen LogP contribution in [0.3, 0.4) is 0 Å². The molecule has 2 rings (SSSR count). The predicted molar refractivity (Wildman–Crippen MR) is 68.6 cm³/mol. The molecule has 1 aliphatic heterocycles. The van der Waals surface area contributed by atoms with E-state index in [9.17, 15) is 20.0 Å². The molecule has 1 aromatic rings. The lowest BCUT2D eigenvalue weighted by atomic mass is 10.00. The lowest BCUT2D eigenvalue weighted by Crippen LogP contribution is -2.43. The molecule has 0 amide bonds. The number of anilines is 1. The van der Waals surface area contributed by atoms with Crippen LogP contribution in [0, 0.1) is 11.3 Å². The Morgan fingerprint density at radius 1 is 1.81 bits per heavy atom. The number of nitriles is 1. The molecule has 3 N–H and O–H groups in total. The first-order valence-electron chi connectivity index (χ1n) is 6.13. The lowest BCUT2D eigenvalue weighted by Gasteiger charge is -2.23. The third kappa shape index (κ3) is 2.86. The Morgan fingerprint density at radius 3 is 3.10 bits per heavy atom. The normalized spacial score (nSPS) is 28.0. The maximum absolute atomic E-state index is 11.7. The molecule has 112 valence electrons. The minimum atomic E-state index is -1.71. The van der Waals surface area contributed by atoms with Gasteiger partial charge in [-0.3, -0.25) is 9.36 Å². The zero-order chi connectivity index (χ0) is 15.6. The highest BCUT2D eigenvalue weighted by atomic mass is 16.6. The summed E-state index contributed by atoms with van der Waals surface area (Å²) in [6, 6.07) is 3.20. The summed E-state index contributed by atoms with van der Waals surface area (Å²) in [6.45, 7) is 0.756. The second-order valence-electron chi connectivity index (χ2n) is 4.65. The fourth-order valence-corrected chi connectivity index (χ4v) is 2.04. The molecule has 0 bridgehead atoms. The van der Waals surface area contributed by atoms with Crippen molar-refractivity contribution in [2.75, 3.05) is 12.3 Å². The highest BCUT2D eigenvalue weighted by Gasteiger charge is 2.50. The van der Waals surface area contributed by atoms with Crippen LogP contribution >= 0.6 is 0 Å². The van der Waals surface area contributed by atoms with Crippen LogP contribution in [-0.2, 0) is 14.3 Å². The third-order valence-electron chi connectivity index (χ3n) is 3.15. The molecular formula is C12H14N4O5. The van der Waals surface area contributed by atoms with Gasteiger partial charge in [0.15, 0.2) is 0 Å². The van der Waals surface area contributed by atoms with E-state index in [1.54, 1.807) is 6.07 Å². The lowest BCUT2D eigenvalue weighted by molar-refractivity contribution is -0.154. The number of hydrogen-bond acceptors (Lipinski definition) is 8. The van der Waals surface area contributed by atoms with Crippen LogP contribution in [0.2, 0.25) is 0 Å². The molecule has 1 aromatic heterocycles. The molecule has 9 heteroatoms. The van der Waals surface area contributed by atoms with Gasteiger partial charge < -0.3 is 20.3 Å². The molecule has 0 unspecified atom stereocenters. The van der Waals surface area contributed by atoms with Crippen LogP contribution in [0.4, 0.5) is 5.82 Å². The summed E-state index contributed by atoms with van der Waals surface area (Å²) < 4.78 is 11.3. The topological polar surface area (TPSA) is 140 Å². The Morgan fingerprint density at radius 2 is 2.52 bits per heavy atom. The van der Waals surface area contributed by atoms with E-state index in [1.807, 2.05) is 0 Å². The van der Waals surface area contributed by atoms with Gasteiger partial charge in [0.25, 0.3) is 0 Å². The van der Waals surface area contributed by atoms with E-state index in [0.717, 1.165) is 4.57 Å². The molecule has 0 aliphatic carbocycles. The number of aliphatic hydroxyl groups excluding tert-OH is 1. The number of hydrogen-bond donors (Lipinski definition) is 2. The van der Waals surface area contributed by atoms with Crippen molar-refractivity contribution in [2.24, 2.45) is 0 Å². The molecule has 1 aliphatic rings. The predicted octanol–water partition coefficient (Wildman–Crippen LogP) is -1.07. The van der Waals surface area contributed by atoms with E-state index >= 15 is 0 Å². The highest BCUT2D eigenvalue weighted by Crippen LogP contribution is 2.36. The van der Waals surface area contributed by atoms with Crippen LogP contribution in [0.25, 0.3) is 0 Å². The monoisotopic (exact) mass is 294 g/mol. The number of nitrogens with two attached hydrogens (primary N) is 1. The number of aliphatic hydroxyl groups is 1. The summed E-state index contributed by atoms with van der Waals surface area (Å²) in [5.74, 6) is -0.545. The van der Waals surface area contributed by atoms with E-state index in [-0.39, 0.29) is 12.2 Å². The van der Waals surface area contributed by atoms with Crippen molar-refractivity contribution in [3.8, 4) is 6.07 Å². The molecule has 0 radical (unpaired) electrons. The number of nitrogens with zero attached hydrogens (tertiary/aromatic N) is 3. The zero-order valence-corrected chi connectivity index (χ0v) is 11.2. The first-order chi connectivity index (χ1) is 9.88. The van der Waals surface area contributed by atoms with E-state index < -0.39 is 36.2 Å². The van der Waals surface area contributed by atoms with Gasteiger partial charge in [0, 0.05) is 19.5 Å². The third-order valence-corrected chi connectivity index (χ3v) is 3.15. The Balaban J connectivity index is 2.25. The van der Waals surface area contributed by atoms with Gasteiger partial charge in [-0.25, -0.2) is 4.79 Å². The number of nitrogen functional groups attached to an aromatic ring is 1. The molecule has 1 saturated heterocycles. The van der Waals surface area contributed by atoms with Crippen molar-refractivity contribution in [3.63, 3.8) is 0 Å². The van der Waals surface area contributed by atoms with Gasteiger partial charge in [0.2, 0.25) is 5.60 Å². The van der Waals surface area contributed by atoms with Gasteiger partial charge in [0.1, 0.15) is 30.8 Å². The van der Waals surface area contributed by atoms with Crippen molar-refractivity contribution in [1.82, 2.24) is 9.55 Å². The summed E-state index contributed by atoms with van der Waals surface area (Å²) in [7, 11) is 0. The number of esters is 1. The van der Waals surface area contributed by atoms with Gasteiger partial charge in [-0.2, -0.15) is 10.2 Å². The molecule has 3 atom stereocenters. The summed E-state index contributed by atoms with van der Waals surface area (Å²) in [6.07, 6.45) is -0.756. The minimum Gasteiger partial charge on any atom is -0.462 e. The molecular weight excluding hydrogens is 280 g/mol. The number of carbonyl (C=O) groups excluding carboxylic acids is 1. The number of rotatable bonds is 3. The van der Waals surface area contributed by atoms with E-state index in [0.29, 0.717) is 0 Å².